The molecule has 0 saturated carbocycles. The first kappa shape index (κ1) is 66.4. The van der Waals surface area contributed by atoms with E-state index < -0.39 is 6.10 Å². The van der Waals surface area contributed by atoms with Crippen LogP contribution < -0.4 is 0 Å². The molecule has 6 heteroatoms. The summed E-state index contributed by atoms with van der Waals surface area (Å²) in [6.07, 6.45) is 56.7. The molecule has 2 atom stereocenters. The quantitative estimate of drug-likeness (QED) is 0.0343. The van der Waals surface area contributed by atoms with Gasteiger partial charge in [0, 0.05) is 19.3 Å². The van der Waals surface area contributed by atoms with E-state index in [2.05, 4.69) is 41.5 Å². The fourth-order valence-electron chi connectivity index (χ4n) is 9.50. The van der Waals surface area contributed by atoms with E-state index in [9.17, 15) is 14.4 Å². The van der Waals surface area contributed by atoms with Crippen molar-refractivity contribution in [2.75, 3.05) is 13.2 Å². The van der Waals surface area contributed by atoms with Crippen LogP contribution in [0.25, 0.3) is 0 Å². The van der Waals surface area contributed by atoms with E-state index in [1.165, 1.54) is 225 Å². The summed E-state index contributed by atoms with van der Waals surface area (Å²) in [5, 5.41) is 0. The summed E-state index contributed by atoms with van der Waals surface area (Å²) in [7, 11) is 0. The minimum absolute atomic E-state index is 0.0633. The minimum atomic E-state index is -0.764. The molecule has 0 fully saturated rings. The van der Waals surface area contributed by atoms with Gasteiger partial charge in [-0.15, -0.1) is 0 Å². The van der Waals surface area contributed by atoms with Crippen LogP contribution in [-0.4, -0.2) is 37.2 Å². The highest BCUT2D eigenvalue weighted by atomic mass is 16.6. The predicted molar refractivity (Wildman–Crippen MR) is 293 cm³/mol. The van der Waals surface area contributed by atoms with Crippen LogP contribution in [0.15, 0.2) is 0 Å². The van der Waals surface area contributed by atoms with Gasteiger partial charge in [-0.1, -0.05) is 305 Å². The van der Waals surface area contributed by atoms with Crippen molar-refractivity contribution in [1.82, 2.24) is 0 Å². The molecule has 0 radical (unpaired) electrons. The normalized spacial score (nSPS) is 12.5. The first-order valence-corrected chi connectivity index (χ1v) is 30.6. The lowest BCUT2D eigenvalue weighted by Crippen LogP contribution is -2.30. The lowest BCUT2D eigenvalue weighted by Gasteiger charge is -2.18. The molecule has 0 rings (SSSR count). The Morgan fingerprint density at radius 1 is 0.294 bits per heavy atom. The topological polar surface area (TPSA) is 78.9 Å². The Kier molecular flexibility index (Phi) is 52.0. The lowest BCUT2D eigenvalue weighted by atomic mass is 9.99. The smallest absolute Gasteiger partial charge is 0.306 e. The van der Waals surface area contributed by atoms with Crippen molar-refractivity contribution in [3.63, 3.8) is 0 Å². The third-order valence-corrected chi connectivity index (χ3v) is 14.5. The van der Waals surface area contributed by atoms with E-state index in [1.807, 2.05) is 0 Å². The fourth-order valence-corrected chi connectivity index (χ4v) is 9.50. The molecule has 0 aromatic rings. The van der Waals surface area contributed by atoms with E-state index in [-0.39, 0.29) is 31.1 Å². The van der Waals surface area contributed by atoms with E-state index in [0.29, 0.717) is 19.3 Å². The molecule has 0 amide bonds. The second kappa shape index (κ2) is 53.2. The number of rotatable bonds is 55. The zero-order chi connectivity index (χ0) is 49.8. The van der Waals surface area contributed by atoms with Crippen LogP contribution >= 0.6 is 0 Å². The summed E-state index contributed by atoms with van der Waals surface area (Å²) >= 11 is 0. The average Bonchev–Trinajstić information content (AvgIpc) is 3.31. The van der Waals surface area contributed by atoms with Gasteiger partial charge in [0.05, 0.1) is 0 Å². The lowest BCUT2D eigenvalue weighted by molar-refractivity contribution is -0.167. The Labute approximate surface area is 425 Å². The van der Waals surface area contributed by atoms with E-state index in [1.54, 1.807) is 0 Å². The summed E-state index contributed by atoms with van der Waals surface area (Å²) < 4.78 is 16.9. The molecule has 0 saturated heterocycles. The van der Waals surface area contributed by atoms with Gasteiger partial charge in [0.25, 0.3) is 0 Å². The Morgan fingerprint density at radius 3 is 0.765 bits per heavy atom. The number of hydrogen-bond donors (Lipinski definition) is 0. The fraction of sp³-hybridized carbons (Fsp3) is 0.952. The van der Waals surface area contributed by atoms with Gasteiger partial charge in [-0.25, -0.2) is 0 Å². The molecular weight excluding hydrogens is 841 g/mol. The molecule has 0 heterocycles. The Bertz CT molecular complexity index is 1060. The number of carbonyl (C=O) groups is 3. The molecule has 68 heavy (non-hydrogen) atoms. The third kappa shape index (κ3) is 53.8. The van der Waals surface area contributed by atoms with Crippen molar-refractivity contribution < 1.29 is 28.6 Å². The number of ether oxygens (including phenoxy) is 3. The zero-order valence-electron chi connectivity index (χ0n) is 46.9. The summed E-state index contributed by atoms with van der Waals surface area (Å²) in [4.78, 5) is 38.2. The van der Waals surface area contributed by atoms with Crippen molar-refractivity contribution in [2.24, 2.45) is 17.8 Å². The van der Waals surface area contributed by atoms with E-state index in [4.69, 9.17) is 14.2 Å². The van der Waals surface area contributed by atoms with E-state index in [0.717, 1.165) is 75.5 Å². The van der Waals surface area contributed by atoms with Gasteiger partial charge >= 0.3 is 17.9 Å². The highest BCUT2D eigenvalue weighted by Gasteiger charge is 2.19. The van der Waals surface area contributed by atoms with Crippen LogP contribution in [0.3, 0.4) is 0 Å². The molecule has 0 aromatic heterocycles. The van der Waals surface area contributed by atoms with Gasteiger partial charge in [-0.3, -0.25) is 14.4 Å². The molecular formula is C62H120O6. The summed E-state index contributed by atoms with van der Waals surface area (Å²) in [6.45, 7) is 13.8. The van der Waals surface area contributed by atoms with Gasteiger partial charge < -0.3 is 14.2 Å². The van der Waals surface area contributed by atoms with Gasteiger partial charge in [-0.05, 0) is 37.0 Å². The van der Waals surface area contributed by atoms with Crippen LogP contribution in [0.5, 0.6) is 0 Å². The molecule has 1 unspecified atom stereocenters. The zero-order valence-corrected chi connectivity index (χ0v) is 46.9. The molecule has 0 aliphatic heterocycles. The summed E-state index contributed by atoms with van der Waals surface area (Å²) in [5.41, 5.74) is 0. The summed E-state index contributed by atoms with van der Waals surface area (Å²) in [5.74, 6) is 1.72. The third-order valence-electron chi connectivity index (χ3n) is 14.5. The molecule has 0 spiro atoms. The van der Waals surface area contributed by atoms with Gasteiger partial charge in [-0.2, -0.15) is 0 Å². The van der Waals surface area contributed by atoms with Gasteiger partial charge in [0.2, 0.25) is 0 Å². The van der Waals surface area contributed by atoms with Gasteiger partial charge in [0.1, 0.15) is 13.2 Å². The molecule has 0 aliphatic rings. The Balaban J connectivity index is 4.23. The monoisotopic (exact) mass is 961 g/mol. The van der Waals surface area contributed by atoms with Crippen molar-refractivity contribution in [2.45, 2.75) is 349 Å². The summed E-state index contributed by atoms with van der Waals surface area (Å²) in [6, 6.07) is 0. The minimum Gasteiger partial charge on any atom is -0.462 e. The van der Waals surface area contributed by atoms with Crippen LogP contribution in [-0.2, 0) is 28.6 Å². The SMILES string of the molecule is CCC(C)CCCCCCCCCCCCCCCCCCCCC(=O)OC[C@@H](COC(=O)CCCCCCCCCCCCCCC(C)C)OC(=O)CCCCCCCCCCCCC(C)C. The maximum atomic E-state index is 12.9. The highest BCUT2D eigenvalue weighted by molar-refractivity contribution is 5.71. The molecule has 0 aromatic carbocycles. The van der Waals surface area contributed by atoms with Crippen LogP contribution in [0.4, 0.5) is 0 Å². The Morgan fingerprint density at radius 2 is 0.515 bits per heavy atom. The number of esters is 3. The van der Waals surface area contributed by atoms with Crippen LogP contribution in [0.1, 0.15) is 343 Å². The molecule has 404 valence electrons. The molecule has 0 bridgehead atoms. The van der Waals surface area contributed by atoms with Crippen molar-refractivity contribution >= 4 is 17.9 Å². The molecule has 0 aliphatic carbocycles. The second-order valence-corrected chi connectivity index (χ2v) is 22.5. The maximum Gasteiger partial charge on any atom is 0.306 e. The van der Waals surface area contributed by atoms with Crippen LogP contribution in [0.2, 0.25) is 0 Å². The molecule has 6 nitrogen and oxygen atoms in total. The van der Waals surface area contributed by atoms with E-state index >= 15 is 0 Å². The van der Waals surface area contributed by atoms with Crippen molar-refractivity contribution in [3.8, 4) is 0 Å². The highest BCUT2D eigenvalue weighted by Crippen LogP contribution is 2.19. The maximum absolute atomic E-state index is 12.9. The van der Waals surface area contributed by atoms with Crippen LogP contribution in [0, 0.1) is 17.8 Å². The second-order valence-electron chi connectivity index (χ2n) is 22.5. The predicted octanol–water partition coefficient (Wildman–Crippen LogP) is 20.3. The Hall–Kier alpha value is -1.59. The van der Waals surface area contributed by atoms with Gasteiger partial charge in [0.15, 0.2) is 6.10 Å². The largest absolute Gasteiger partial charge is 0.462 e. The first-order valence-electron chi connectivity index (χ1n) is 30.6. The number of carbonyl (C=O) groups excluding carboxylic acids is 3. The number of unbranched alkanes of at least 4 members (excludes halogenated alkanes) is 37. The number of hydrogen-bond acceptors (Lipinski definition) is 6. The molecule has 0 N–H and O–H groups in total. The van der Waals surface area contributed by atoms with Crippen molar-refractivity contribution in [1.29, 1.82) is 0 Å². The average molecular weight is 962 g/mol. The van der Waals surface area contributed by atoms with Crippen molar-refractivity contribution in [3.05, 3.63) is 0 Å². The standard InChI is InChI=1S/C62H120O6/c1-7-58(6)50-44-38-32-26-19-14-12-10-8-9-11-13-15-20-27-33-39-45-51-60(63)66-54-59(68-62(65)53-47-41-35-29-23-22-25-31-37-43-49-57(4)5)55-67-61(64)52-46-40-34-28-21-17-16-18-24-30-36-42-48-56(2)3/h56-59H,7-55H2,1-6H3/t58?,59-/m0/s1. The first-order chi connectivity index (χ1) is 33.1.